The van der Waals surface area contributed by atoms with Crippen molar-refractivity contribution in [1.29, 1.82) is 0 Å². The van der Waals surface area contributed by atoms with Crippen molar-refractivity contribution < 1.29 is 18.0 Å². The number of rotatable bonds is 5. The number of sulfonamides is 1. The minimum atomic E-state index is -3.58. The zero-order valence-corrected chi connectivity index (χ0v) is 18.3. The molecule has 164 valence electrons. The van der Waals surface area contributed by atoms with Gasteiger partial charge in [0.05, 0.1) is 4.90 Å². The van der Waals surface area contributed by atoms with Crippen molar-refractivity contribution in [1.82, 2.24) is 14.6 Å². The molecular weight excluding hydrogens is 416 g/mol. The van der Waals surface area contributed by atoms with E-state index in [0.717, 1.165) is 24.8 Å². The fourth-order valence-corrected chi connectivity index (χ4v) is 5.82. The highest BCUT2D eigenvalue weighted by molar-refractivity contribution is 7.89. The molecule has 0 spiro atoms. The first-order valence-electron chi connectivity index (χ1n) is 10.5. The maximum atomic E-state index is 13.0. The van der Waals surface area contributed by atoms with Gasteiger partial charge in [0, 0.05) is 51.1 Å². The number of anilines is 1. The van der Waals surface area contributed by atoms with E-state index in [2.05, 4.69) is 10.3 Å². The second-order valence-electron chi connectivity index (χ2n) is 7.94. The Bertz CT molecular complexity index is 1080. The molecule has 1 N–H and O–H groups in total. The lowest BCUT2D eigenvalue weighted by Gasteiger charge is -2.26. The molecule has 4 rings (SSSR count). The number of amides is 2. The highest BCUT2D eigenvalue weighted by atomic mass is 32.2. The summed E-state index contributed by atoms with van der Waals surface area (Å²) in [6.07, 6.45) is 6.37. The number of hydrogen-bond donors (Lipinski definition) is 1. The van der Waals surface area contributed by atoms with E-state index in [-0.39, 0.29) is 23.1 Å². The Morgan fingerprint density at radius 3 is 2.61 bits per heavy atom. The summed E-state index contributed by atoms with van der Waals surface area (Å²) in [6.45, 7) is 2.77. The number of hydrogen-bond acceptors (Lipinski definition) is 5. The van der Waals surface area contributed by atoms with Crippen LogP contribution in [0.15, 0.2) is 47.6 Å². The van der Waals surface area contributed by atoms with Gasteiger partial charge in [0.2, 0.25) is 21.8 Å². The van der Waals surface area contributed by atoms with E-state index in [1.165, 1.54) is 22.2 Å². The van der Waals surface area contributed by atoms with E-state index >= 15 is 0 Å². The summed E-state index contributed by atoms with van der Waals surface area (Å²) >= 11 is 0. The molecule has 2 aliphatic rings. The first-order chi connectivity index (χ1) is 14.9. The van der Waals surface area contributed by atoms with Crippen molar-refractivity contribution >= 4 is 27.5 Å². The van der Waals surface area contributed by atoms with E-state index in [9.17, 15) is 18.0 Å². The summed E-state index contributed by atoms with van der Waals surface area (Å²) in [6, 6.07) is 7.73. The number of carbonyl (C=O) groups excluding carboxylic acids is 2. The molecule has 1 atom stereocenters. The predicted molar refractivity (Wildman–Crippen MR) is 116 cm³/mol. The van der Waals surface area contributed by atoms with Gasteiger partial charge in [-0.05, 0) is 48.2 Å². The number of piperidine rings is 1. The fourth-order valence-electron chi connectivity index (χ4n) is 4.25. The lowest BCUT2D eigenvalue weighted by Crippen LogP contribution is -2.47. The van der Waals surface area contributed by atoms with Gasteiger partial charge in [-0.15, -0.1) is 0 Å². The van der Waals surface area contributed by atoms with Crippen molar-refractivity contribution in [3.05, 3.63) is 53.9 Å². The van der Waals surface area contributed by atoms with Crippen LogP contribution in [-0.2, 0) is 32.6 Å². The molecule has 9 heteroatoms. The third-order valence-corrected chi connectivity index (χ3v) is 7.71. The van der Waals surface area contributed by atoms with Gasteiger partial charge < -0.3 is 5.32 Å². The van der Waals surface area contributed by atoms with Crippen molar-refractivity contribution in [2.45, 2.75) is 50.1 Å². The number of aromatic nitrogens is 1. The van der Waals surface area contributed by atoms with Gasteiger partial charge in [0.1, 0.15) is 6.04 Å². The molecule has 1 fully saturated rings. The third-order valence-electron chi connectivity index (χ3n) is 5.82. The van der Waals surface area contributed by atoms with Gasteiger partial charge in [0.25, 0.3) is 0 Å². The molecular formula is C22H26N4O4S. The van der Waals surface area contributed by atoms with E-state index in [0.29, 0.717) is 30.9 Å². The summed E-state index contributed by atoms with van der Waals surface area (Å²) in [5.74, 6) is -0.539. The van der Waals surface area contributed by atoms with Gasteiger partial charge >= 0.3 is 0 Å². The molecule has 8 nitrogen and oxygen atoms in total. The van der Waals surface area contributed by atoms with Crippen LogP contribution in [0.5, 0.6) is 0 Å². The predicted octanol–water partition coefficient (Wildman–Crippen LogP) is 1.85. The Kier molecular flexibility index (Phi) is 6.06. The van der Waals surface area contributed by atoms with E-state index in [1.807, 2.05) is 6.07 Å². The molecule has 3 heterocycles. The summed E-state index contributed by atoms with van der Waals surface area (Å²) in [7, 11) is -3.58. The first-order valence-corrected chi connectivity index (χ1v) is 11.9. The first kappa shape index (κ1) is 21.5. The Morgan fingerprint density at radius 1 is 1.16 bits per heavy atom. The van der Waals surface area contributed by atoms with Crippen LogP contribution in [0.1, 0.15) is 37.3 Å². The molecule has 1 saturated heterocycles. The lowest BCUT2D eigenvalue weighted by molar-refractivity contribution is -0.125. The van der Waals surface area contributed by atoms with Crippen LogP contribution in [0.4, 0.5) is 5.69 Å². The number of nitrogens with one attached hydrogen (secondary N) is 1. The van der Waals surface area contributed by atoms with Crippen LogP contribution >= 0.6 is 0 Å². The highest BCUT2D eigenvalue weighted by Crippen LogP contribution is 2.35. The van der Waals surface area contributed by atoms with Crippen LogP contribution in [0, 0.1) is 0 Å². The minimum Gasteiger partial charge on any atom is -0.350 e. The third kappa shape index (κ3) is 4.33. The summed E-state index contributed by atoms with van der Waals surface area (Å²) in [5.41, 5.74) is 2.14. The molecule has 1 aromatic heterocycles. The van der Waals surface area contributed by atoms with Crippen molar-refractivity contribution in [2.24, 2.45) is 0 Å². The number of nitrogens with zero attached hydrogens (tertiary/aromatic N) is 3. The summed E-state index contributed by atoms with van der Waals surface area (Å²) < 4.78 is 27.6. The quantitative estimate of drug-likeness (QED) is 0.762. The standard InChI is InChI=1S/C22H26N4O4S/c1-16(27)26-20-8-7-19(31(29,30)25-10-3-2-4-11-25)12-18(20)13-21(26)22(28)24-15-17-6-5-9-23-14-17/h5-9,12,14,21H,2-4,10-11,13,15H2,1H3,(H,24,28)/t21-/m0/s1. The zero-order valence-electron chi connectivity index (χ0n) is 17.5. The maximum Gasteiger partial charge on any atom is 0.243 e. The van der Waals surface area contributed by atoms with Crippen molar-refractivity contribution in [3.63, 3.8) is 0 Å². The molecule has 2 aromatic rings. The fraction of sp³-hybridized carbons (Fsp3) is 0.409. The highest BCUT2D eigenvalue weighted by Gasteiger charge is 2.38. The Labute approximate surface area is 182 Å². The molecule has 0 bridgehead atoms. The Balaban J connectivity index is 1.55. The topological polar surface area (TPSA) is 99.7 Å². The van der Waals surface area contributed by atoms with Crippen LogP contribution in [0.3, 0.4) is 0 Å². The molecule has 2 amide bonds. The lowest BCUT2D eigenvalue weighted by atomic mass is 10.1. The molecule has 0 unspecified atom stereocenters. The number of fused-ring (bicyclic) bond motifs is 1. The molecule has 2 aliphatic heterocycles. The van der Waals surface area contributed by atoms with Crippen LogP contribution in [-0.4, -0.2) is 48.7 Å². The molecule has 31 heavy (non-hydrogen) atoms. The molecule has 1 aromatic carbocycles. The molecule has 0 saturated carbocycles. The van der Waals surface area contributed by atoms with Crippen LogP contribution < -0.4 is 10.2 Å². The average molecular weight is 443 g/mol. The second kappa shape index (κ2) is 8.76. The normalized spacial score (nSPS) is 19.1. The number of carbonyl (C=O) groups is 2. The zero-order chi connectivity index (χ0) is 22.0. The van der Waals surface area contributed by atoms with Crippen molar-refractivity contribution in [3.8, 4) is 0 Å². The summed E-state index contributed by atoms with van der Waals surface area (Å²) in [4.78, 5) is 30.9. The van der Waals surface area contributed by atoms with Crippen LogP contribution in [0.2, 0.25) is 0 Å². The van der Waals surface area contributed by atoms with E-state index in [4.69, 9.17) is 0 Å². The van der Waals surface area contributed by atoms with Gasteiger partial charge in [-0.3, -0.25) is 19.5 Å². The van der Waals surface area contributed by atoms with E-state index in [1.54, 1.807) is 30.6 Å². The van der Waals surface area contributed by atoms with E-state index < -0.39 is 16.1 Å². The maximum absolute atomic E-state index is 13.0. The largest absolute Gasteiger partial charge is 0.350 e. The monoisotopic (exact) mass is 442 g/mol. The number of benzene rings is 1. The SMILES string of the molecule is CC(=O)N1c2ccc(S(=O)(=O)N3CCCCC3)cc2C[C@H]1C(=O)NCc1cccnc1. The van der Waals surface area contributed by atoms with Gasteiger partial charge in [-0.1, -0.05) is 12.5 Å². The summed E-state index contributed by atoms with van der Waals surface area (Å²) in [5, 5.41) is 2.86. The molecule has 0 radical (unpaired) electrons. The Hall–Kier alpha value is -2.78. The minimum absolute atomic E-state index is 0.216. The smallest absolute Gasteiger partial charge is 0.243 e. The second-order valence-corrected chi connectivity index (χ2v) is 9.88. The van der Waals surface area contributed by atoms with Gasteiger partial charge in [-0.2, -0.15) is 4.31 Å². The Morgan fingerprint density at radius 2 is 1.94 bits per heavy atom. The molecule has 0 aliphatic carbocycles. The van der Waals surface area contributed by atoms with Crippen molar-refractivity contribution in [2.75, 3.05) is 18.0 Å². The van der Waals surface area contributed by atoms with Gasteiger partial charge in [-0.25, -0.2) is 8.42 Å². The van der Waals surface area contributed by atoms with Gasteiger partial charge in [0.15, 0.2) is 0 Å². The van der Waals surface area contributed by atoms with Crippen LogP contribution in [0.25, 0.3) is 0 Å². The average Bonchev–Trinajstić information content (AvgIpc) is 3.18. The number of pyridine rings is 1.